The number of carboxylic acid groups (broad SMARTS) is 2. The van der Waals surface area contributed by atoms with Gasteiger partial charge in [0, 0.05) is 23.6 Å². The summed E-state index contributed by atoms with van der Waals surface area (Å²) >= 11 is 10.7. The van der Waals surface area contributed by atoms with Gasteiger partial charge in [-0.25, -0.2) is 0 Å². The zero-order valence-electron chi connectivity index (χ0n) is 17.0. The normalized spacial score (nSPS) is 11.9. The fourth-order valence-electron chi connectivity index (χ4n) is 1.59. The van der Waals surface area contributed by atoms with E-state index < -0.39 is 38.0 Å². The number of halogens is 2. The van der Waals surface area contributed by atoms with Gasteiger partial charge in [0.25, 0.3) is 0 Å². The van der Waals surface area contributed by atoms with E-state index >= 15 is 0 Å². The number of hydrogen-bond donors (Lipinski definition) is 2. The third-order valence-electron chi connectivity index (χ3n) is 3.37. The SMILES string of the molecule is CCC(=O)C(C)(C)S(=O)CC(=O)O.CCC(=O)C(C)(C)SCC(=O)O.ClCCl. The Balaban J connectivity index is -0.000000392. The first-order valence-corrected chi connectivity index (χ1v) is 11.7. The molecule has 0 bridgehead atoms. The van der Waals surface area contributed by atoms with E-state index in [0.717, 1.165) is 0 Å². The molecule has 28 heavy (non-hydrogen) atoms. The molecule has 0 aliphatic heterocycles. The minimum Gasteiger partial charge on any atom is -0.481 e. The van der Waals surface area contributed by atoms with Gasteiger partial charge in [-0.1, -0.05) is 13.8 Å². The molecule has 0 spiro atoms. The quantitative estimate of drug-likeness (QED) is 0.454. The summed E-state index contributed by atoms with van der Waals surface area (Å²) in [6, 6.07) is 0. The lowest BCUT2D eigenvalue weighted by molar-refractivity contribution is -0.135. The molecular weight excluding hydrogens is 451 g/mol. The number of aliphatic carboxylic acids is 2. The molecule has 0 rings (SSSR count). The highest BCUT2D eigenvalue weighted by atomic mass is 35.5. The van der Waals surface area contributed by atoms with Gasteiger partial charge < -0.3 is 10.2 Å². The van der Waals surface area contributed by atoms with E-state index in [1.807, 2.05) is 0 Å². The van der Waals surface area contributed by atoms with Crippen molar-refractivity contribution in [3.05, 3.63) is 0 Å². The number of alkyl halides is 2. The topological polar surface area (TPSA) is 126 Å². The summed E-state index contributed by atoms with van der Waals surface area (Å²) in [5.74, 6) is -2.59. The monoisotopic (exact) mass is 480 g/mol. The number of carbonyl (C=O) groups is 4. The van der Waals surface area contributed by atoms with Gasteiger partial charge in [0.05, 0.1) is 20.6 Å². The molecule has 0 radical (unpaired) electrons. The Morgan fingerprint density at radius 3 is 1.57 bits per heavy atom. The molecule has 0 aliphatic rings. The Morgan fingerprint density at radius 1 is 0.893 bits per heavy atom. The second kappa shape index (κ2) is 16.2. The van der Waals surface area contributed by atoms with Crippen LogP contribution < -0.4 is 0 Å². The first kappa shape index (κ1) is 32.0. The van der Waals surface area contributed by atoms with Crippen LogP contribution in [-0.2, 0) is 30.0 Å². The van der Waals surface area contributed by atoms with E-state index in [1.165, 1.54) is 25.6 Å². The largest absolute Gasteiger partial charge is 0.481 e. The van der Waals surface area contributed by atoms with Gasteiger partial charge in [-0.2, -0.15) is 0 Å². The van der Waals surface area contributed by atoms with E-state index in [4.69, 9.17) is 33.4 Å². The molecule has 0 saturated carbocycles. The highest BCUT2D eigenvalue weighted by Crippen LogP contribution is 2.26. The maximum Gasteiger partial charge on any atom is 0.316 e. The molecule has 1 atom stereocenters. The number of hydrogen-bond acceptors (Lipinski definition) is 6. The Labute approximate surface area is 183 Å². The van der Waals surface area contributed by atoms with Crippen LogP contribution in [0.3, 0.4) is 0 Å². The minimum absolute atomic E-state index is 0.0151. The summed E-state index contributed by atoms with van der Waals surface area (Å²) in [6.45, 7) is 9.99. The lowest BCUT2D eigenvalue weighted by Crippen LogP contribution is -2.38. The lowest BCUT2D eigenvalue weighted by atomic mass is 10.1. The van der Waals surface area contributed by atoms with Crippen LogP contribution in [0.25, 0.3) is 0 Å². The number of rotatable bonds is 10. The molecular formula is C17H30Cl2O7S2. The van der Waals surface area contributed by atoms with Crippen molar-refractivity contribution in [2.45, 2.75) is 63.9 Å². The third kappa shape index (κ3) is 15.3. The predicted octanol–water partition coefficient (Wildman–Crippen LogP) is 3.56. The second-order valence-electron chi connectivity index (χ2n) is 6.24. The summed E-state index contributed by atoms with van der Waals surface area (Å²) < 4.78 is 9.77. The second-order valence-corrected chi connectivity index (χ2v) is 10.6. The van der Waals surface area contributed by atoms with Gasteiger partial charge in [-0.05, 0) is 27.7 Å². The van der Waals surface area contributed by atoms with Crippen molar-refractivity contribution in [1.82, 2.24) is 0 Å². The Morgan fingerprint density at radius 2 is 1.29 bits per heavy atom. The van der Waals surface area contributed by atoms with Crippen LogP contribution >= 0.6 is 35.0 Å². The zero-order valence-corrected chi connectivity index (χ0v) is 20.2. The standard InChI is InChI=1S/C8H14O4S.C8H14O3S.CH2Cl2/c1-4-6(9)8(2,3)13(12)5-7(10)11;1-4-6(9)8(2,3)12-5-7(10)11;2-1-3/h4-5H2,1-3H3,(H,10,11);4-5H2,1-3H3,(H,10,11);1H2. The van der Waals surface area contributed by atoms with E-state index in [2.05, 4.69) is 0 Å². The first-order chi connectivity index (χ1) is 12.6. The molecule has 0 aliphatic carbocycles. The Bertz CT molecular complexity index is 550. The van der Waals surface area contributed by atoms with Crippen LogP contribution in [-0.4, -0.2) is 64.3 Å². The number of carbonyl (C=O) groups excluding carboxylic acids is 2. The van der Waals surface area contributed by atoms with Crippen LogP contribution in [0.5, 0.6) is 0 Å². The van der Waals surface area contributed by atoms with Crippen molar-refractivity contribution in [1.29, 1.82) is 0 Å². The van der Waals surface area contributed by atoms with Gasteiger partial charge in [-0.15, -0.1) is 35.0 Å². The van der Waals surface area contributed by atoms with E-state index in [-0.39, 0.29) is 29.1 Å². The van der Waals surface area contributed by atoms with Crippen LogP contribution in [0.4, 0.5) is 0 Å². The molecule has 0 aromatic heterocycles. The molecule has 0 heterocycles. The van der Waals surface area contributed by atoms with Gasteiger partial charge in [-0.3, -0.25) is 23.4 Å². The van der Waals surface area contributed by atoms with Crippen molar-refractivity contribution in [2.75, 3.05) is 16.8 Å². The van der Waals surface area contributed by atoms with Crippen LogP contribution in [0, 0.1) is 0 Å². The van der Waals surface area contributed by atoms with Crippen molar-refractivity contribution >= 4 is 69.3 Å². The maximum atomic E-state index is 11.4. The summed E-state index contributed by atoms with van der Waals surface area (Å²) in [6.07, 6.45) is 0.734. The third-order valence-corrected chi connectivity index (χ3v) is 6.58. The van der Waals surface area contributed by atoms with Gasteiger partial charge in [0.2, 0.25) is 0 Å². The Kier molecular flexibility index (Phi) is 18.5. The van der Waals surface area contributed by atoms with Crippen LogP contribution in [0.2, 0.25) is 0 Å². The highest BCUT2D eigenvalue weighted by molar-refractivity contribution is 8.02. The van der Waals surface area contributed by atoms with Crippen molar-refractivity contribution in [3.63, 3.8) is 0 Å². The molecule has 0 aromatic rings. The van der Waals surface area contributed by atoms with Crippen LogP contribution in [0.1, 0.15) is 54.4 Å². The van der Waals surface area contributed by atoms with Crippen molar-refractivity contribution in [2.24, 2.45) is 0 Å². The molecule has 166 valence electrons. The molecule has 11 heteroatoms. The van der Waals surface area contributed by atoms with Gasteiger partial charge in [0.15, 0.2) is 5.78 Å². The number of ketones is 2. The van der Waals surface area contributed by atoms with Gasteiger partial charge in [0.1, 0.15) is 11.5 Å². The van der Waals surface area contributed by atoms with E-state index in [9.17, 15) is 23.4 Å². The molecule has 7 nitrogen and oxygen atoms in total. The van der Waals surface area contributed by atoms with Crippen molar-refractivity contribution < 1.29 is 33.6 Å². The number of thioether (sulfide) groups is 1. The van der Waals surface area contributed by atoms with Crippen LogP contribution in [0.15, 0.2) is 0 Å². The molecule has 0 fully saturated rings. The minimum atomic E-state index is -1.64. The summed E-state index contributed by atoms with van der Waals surface area (Å²) in [4.78, 5) is 43.0. The first-order valence-electron chi connectivity index (χ1n) is 8.28. The molecule has 0 amide bonds. The average molecular weight is 481 g/mol. The van der Waals surface area contributed by atoms with Gasteiger partial charge >= 0.3 is 11.9 Å². The molecule has 0 aromatic carbocycles. The van der Waals surface area contributed by atoms with E-state index in [0.29, 0.717) is 6.42 Å². The van der Waals surface area contributed by atoms with E-state index in [1.54, 1.807) is 27.7 Å². The number of carboxylic acids is 2. The summed E-state index contributed by atoms with van der Waals surface area (Å²) in [7, 11) is -1.64. The fraction of sp³-hybridized carbons (Fsp3) is 0.765. The lowest BCUT2D eigenvalue weighted by Gasteiger charge is -2.20. The number of Topliss-reactive ketones (excluding diaryl/α,β-unsaturated/α-hetero) is 2. The highest BCUT2D eigenvalue weighted by Gasteiger charge is 2.33. The fourth-order valence-corrected chi connectivity index (χ4v) is 3.37. The smallest absolute Gasteiger partial charge is 0.316 e. The predicted molar refractivity (Wildman–Crippen MR) is 116 cm³/mol. The molecule has 1 unspecified atom stereocenters. The molecule has 0 saturated heterocycles. The maximum absolute atomic E-state index is 11.4. The average Bonchev–Trinajstić information content (AvgIpc) is 2.59. The summed E-state index contributed by atoms with van der Waals surface area (Å²) in [5, 5.41) is 17.0. The molecule has 2 N–H and O–H groups in total. The zero-order chi connectivity index (χ0) is 23.1. The van der Waals surface area contributed by atoms with Crippen molar-refractivity contribution in [3.8, 4) is 0 Å². The summed E-state index contributed by atoms with van der Waals surface area (Å²) in [5.41, 5.74) is 0. The Hall–Kier alpha value is -0.640.